The number of benzene rings is 1. The summed E-state index contributed by atoms with van der Waals surface area (Å²) in [5.41, 5.74) is 1.25. The van der Waals surface area contributed by atoms with E-state index in [4.69, 9.17) is 0 Å². The van der Waals surface area contributed by atoms with Gasteiger partial charge in [-0.05, 0) is 31.4 Å². The second-order valence-corrected chi connectivity index (χ2v) is 5.39. The summed E-state index contributed by atoms with van der Waals surface area (Å²) in [5, 5.41) is 3.11. The summed E-state index contributed by atoms with van der Waals surface area (Å²) in [6.07, 6.45) is 3.55. The highest BCUT2D eigenvalue weighted by atomic mass is 16.2. The number of urea groups is 1. The van der Waals surface area contributed by atoms with Crippen molar-refractivity contribution in [3.8, 4) is 0 Å². The highest BCUT2D eigenvalue weighted by Crippen LogP contribution is 2.19. The molecule has 102 valence electrons. The molecule has 1 saturated carbocycles. The number of amides is 2. The van der Waals surface area contributed by atoms with E-state index in [-0.39, 0.29) is 6.03 Å². The standard InChI is InChI=1S/C15H21N3O/c19-15(16-13-5-4-6-13)18-11-9-17(10-12-18)14-7-2-1-3-8-14/h1-3,7-8,13H,4-6,9-12H2,(H,16,19). The van der Waals surface area contributed by atoms with E-state index in [9.17, 15) is 4.79 Å². The first-order chi connectivity index (χ1) is 9.33. The predicted octanol–water partition coefficient (Wildman–Crippen LogP) is 2.07. The van der Waals surface area contributed by atoms with E-state index < -0.39 is 0 Å². The molecule has 1 aliphatic heterocycles. The Labute approximate surface area is 114 Å². The second-order valence-electron chi connectivity index (χ2n) is 5.39. The van der Waals surface area contributed by atoms with Gasteiger partial charge in [-0.3, -0.25) is 0 Å². The monoisotopic (exact) mass is 259 g/mol. The molecule has 4 heteroatoms. The van der Waals surface area contributed by atoms with Gasteiger partial charge >= 0.3 is 6.03 Å². The van der Waals surface area contributed by atoms with Crippen LogP contribution in [0.25, 0.3) is 0 Å². The Morgan fingerprint density at radius 3 is 2.32 bits per heavy atom. The van der Waals surface area contributed by atoms with E-state index >= 15 is 0 Å². The second kappa shape index (κ2) is 5.51. The molecule has 4 nitrogen and oxygen atoms in total. The van der Waals surface area contributed by atoms with Gasteiger partial charge in [0.15, 0.2) is 0 Å². The minimum absolute atomic E-state index is 0.123. The Balaban J connectivity index is 1.50. The van der Waals surface area contributed by atoms with Gasteiger partial charge < -0.3 is 15.1 Å². The van der Waals surface area contributed by atoms with E-state index in [2.05, 4.69) is 34.5 Å². The van der Waals surface area contributed by atoms with Crippen LogP contribution in [0.5, 0.6) is 0 Å². The van der Waals surface area contributed by atoms with Gasteiger partial charge in [-0.25, -0.2) is 4.79 Å². The first-order valence-corrected chi connectivity index (χ1v) is 7.18. The molecule has 1 N–H and O–H groups in total. The van der Waals surface area contributed by atoms with E-state index in [1.807, 2.05) is 11.0 Å². The molecule has 0 radical (unpaired) electrons. The fraction of sp³-hybridized carbons (Fsp3) is 0.533. The maximum atomic E-state index is 12.0. The summed E-state index contributed by atoms with van der Waals surface area (Å²) >= 11 is 0. The van der Waals surface area contributed by atoms with Gasteiger partial charge in [0, 0.05) is 37.9 Å². The first-order valence-electron chi connectivity index (χ1n) is 7.18. The molecule has 1 heterocycles. The van der Waals surface area contributed by atoms with Crippen LogP contribution in [0.1, 0.15) is 19.3 Å². The lowest BCUT2D eigenvalue weighted by Crippen LogP contribution is -2.54. The normalized spacial score (nSPS) is 20.0. The largest absolute Gasteiger partial charge is 0.368 e. The third-order valence-corrected chi connectivity index (χ3v) is 4.12. The Kier molecular flexibility index (Phi) is 3.58. The Morgan fingerprint density at radius 1 is 1.05 bits per heavy atom. The van der Waals surface area contributed by atoms with Crippen LogP contribution in [0.3, 0.4) is 0 Å². The number of carbonyl (C=O) groups excluding carboxylic acids is 1. The highest BCUT2D eigenvalue weighted by Gasteiger charge is 2.25. The van der Waals surface area contributed by atoms with E-state index in [0.717, 1.165) is 39.0 Å². The molecular formula is C15H21N3O. The smallest absolute Gasteiger partial charge is 0.317 e. The van der Waals surface area contributed by atoms with E-state index in [1.165, 1.54) is 12.1 Å². The molecule has 0 aromatic heterocycles. The number of anilines is 1. The van der Waals surface area contributed by atoms with Gasteiger partial charge in [0.05, 0.1) is 0 Å². The molecular weight excluding hydrogens is 238 g/mol. The van der Waals surface area contributed by atoms with Crippen LogP contribution in [-0.4, -0.2) is 43.2 Å². The van der Waals surface area contributed by atoms with Crippen LogP contribution >= 0.6 is 0 Å². The van der Waals surface area contributed by atoms with Gasteiger partial charge in [-0.2, -0.15) is 0 Å². The van der Waals surface area contributed by atoms with Gasteiger partial charge in [0.25, 0.3) is 0 Å². The SMILES string of the molecule is O=C(NC1CCC1)N1CCN(c2ccccc2)CC1. The number of para-hydroxylation sites is 1. The molecule has 2 amide bonds. The van der Waals surface area contributed by atoms with Crippen LogP contribution < -0.4 is 10.2 Å². The fourth-order valence-electron chi connectivity index (χ4n) is 2.63. The summed E-state index contributed by atoms with van der Waals surface area (Å²) in [7, 11) is 0. The highest BCUT2D eigenvalue weighted by molar-refractivity contribution is 5.75. The molecule has 19 heavy (non-hydrogen) atoms. The van der Waals surface area contributed by atoms with Gasteiger partial charge in [-0.15, -0.1) is 0 Å². The molecule has 2 aliphatic rings. The molecule has 0 bridgehead atoms. The van der Waals surface area contributed by atoms with Crippen LogP contribution in [0, 0.1) is 0 Å². The molecule has 0 spiro atoms. The maximum Gasteiger partial charge on any atom is 0.317 e. The Bertz CT molecular complexity index is 422. The van der Waals surface area contributed by atoms with Crippen molar-refractivity contribution in [2.75, 3.05) is 31.1 Å². The summed E-state index contributed by atoms with van der Waals surface area (Å²) < 4.78 is 0. The molecule has 0 unspecified atom stereocenters. The minimum Gasteiger partial charge on any atom is -0.368 e. The van der Waals surface area contributed by atoms with Crippen molar-refractivity contribution in [1.29, 1.82) is 0 Å². The number of carbonyl (C=O) groups is 1. The number of nitrogens with zero attached hydrogens (tertiary/aromatic N) is 2. The number of hydrogen-bond acceptors (Lipinski definition) is 2. The van der Waals surface area contributed by atoms with Crippen molar-refractivity contribution < 1.29 is 4.79 Å². The molecule has 3 rings (SSSR count). The number of rotatable bonds is 2. The summed E-state index contributed by atoms with van der Waals surface area (Å²) in [5.74, 6) is 0. The van der Waals surface area contributed by atoms with Crippen molar-refractivity contribution in [2.24, 2.45) is 0 Å². The van der Waals surface area contributed by atoms with Crippen molar-refractivity contribution in [3.63, 3.8) is 0 Å². The van der Waals surface area contributed by atoms with Gasteiger partial charge in [0.1, 0.15) is 0 Å². The molecule has 1 aliphatic carbocycles. The van der Waals surface area contributed by atoms with Crippen LogP contribution in [0.15, 0.2) is 30.3 Å². The third-order valence-electron chi connectivity index (χ3n) is 4.12. The lowest BCUT2D eigenvalue weighted by molar-refractivity contribution is 0.183. The van der Waals surface area contributed by atoms with E-state index in [1.54, 1.807) is 0 Å². The first kappa shape index (κ1) is 12.3. The van der Waals surface area contributed by atoms with Gasteiger partial charge in [0.2, 0.25) is 0 Å². The topological polar surface area (TPSA) is 35.6 Å². The summed E-state index contributed by atoms with van der Waals surface area (Å²) in [4.78, 5) is 16.3. The van der Waals surface area contributed by atoms with Gasteiger partial charge in [-0.1, -0.05) is 18.2 Å². The summed E-state index contributed by atoms with van der Waals surface area (Å²) in [6, 6.07) is 11.0. The van der Waals surface area contributed by atoms with Crippen LogP contribution in [-0.2, 0) is 0 Å². The van der Waals surface area contributed by atoms with Crippen LogP contribution in [0.4, 0.5) is 10.5 Å². The minimum atomic E-state index is 0.123. The quantitative estimate of drug-likeness (QED) is 0.882. The summed E-state index contributed by atoms with van der Waals surface area (Å²) in [6.45, 7) is 3.46. The Hall–Kier alpha value is -1.71. The Morgan fingerprint density at radius 2 is 1.74 bits per heavy atom. The fourth-order valence-corrected chi connectivity index (χ4v) is 2.63. The zero-order valence-electron chi connectivity index (χ0n) is 11.2. The zero-order chi connectivity index (χ0) is 13.1. The average molecular weight is 259 g/mol. The lowest BCUT2D eigenvalue weighted by atomic mass is 9.93. The molecule has 2 fully saturated rings. The molecule has 1 aromatic rings. The van der Waals surface area contributed by atoms with Crippen molar-refractivity contribution in [3.05, 3.63) is 30.3 Å². The lowest BCUT2D eigenvalue weighted by Gasteiger charge is -2.37. The van der Waals surface area contributed by atoms with Crippen LogP contribution in [0.2, 0.25) is 0 Å². The average Bonchev–Trinajstić information content (AvgIpc) is 2.44. The molecule has 1 saturated heterocycles. The number of piperazine rings is 1. The third kappa shape index (κ3) is 2.83. The van der Waals surface area contributed by atoms with Crippen molar-refractivity contribution >= 4 is 11.7 Å². The van der Waals surface area contributed by atoms with Crippen molar-refractivity contribution in [1.82, 2.24) is 10.2 Å². The zero-order valence-corrected chi connectivity index (χ0v) is 11.2. The number of nitrogens with one attached hydrogen (secondary N) is 1. The molecule has 0 atom stereocenters. The maximum absolute atomic E-state index is 12.0. The van der Waals surface area contributed by atoms with E-state index in [0.29, 0.717) is 6.04 Å². The van der Waals surface area contributed by atoms with Crippen molar-refractivity contribution in [2.45, 2.75) is 25.3 Å². The number of hydrogen-bond donors (Lipinski definition) is 1. The molecule has 1 aromatic carbocycles. The predicted molar refractivity (Wildman–Crippen MR) is 76.4 cm³/mol.